The first-order valence-electron chi connectivity index (χ1n) is 6.91. The molecule has 0 fully saturated rings. The van der Waals surface area contributed by atoms with Gasteiger partial charge in [-0.05, 0) is 31.0 Å². The summed E-state index contributed by atoms with van der Waals surface area (Å²) >= 11 is 0. The Bertz CT molecular complexity index is 543. The first-order chi connectivity index (χ1) is 9.70. The molecule has 1 aromatic carbocycles. The van der Waals surface area contributed by atoms with Crippen LogP contribution in [0.5, 0.6) is 5.88 Å². The molecule has 1 unspecified atom stereocenters. The number of nitrogens with two attached hydrogens (primary N) is 1. The first-order valence-corrected chi connectivity index (χ1v) is 6.91. The third-order valence-corrected chi connectivity index (χ3v) is 3.00. The van der Waals surface area contributed by atoms with Crippen molar-refractivity contribution in [3.05, 3.63) is 48.0 Å². The fourth-order valence-electron chi connectivity index (χ4n) is 1.89. The van der Waals surface area contributed by atoms with E-state index in [0.29, 0.717) is 18.2 Å². The molecule has 0 radical (unpaired) electrons. The predicted octanol–water partition coefficient (Wildman–Crippen LogP) is 3.63. The lowest BCUT2D eigenvalue weighted by atomic mass is 10.1. The molecule has 20 heavy (non-hydrogen) atoms. The van der Waals surface area contributed by atoms with Gasteiger partial charge >= 0.3 is 0 Å². The zero-order chi connectivity index (χ0) is 14.4. The molecule has 106 valence electrons. The molecule has 0 bridgehead atoms. The molecule has 1 aromatic heterocycles. The summed E-state index contributed by atoms with van der Waals surface area (Å²) in [5.74, 6) is 1.26. The van der Waals surface area contributed by atoms with Crippen LogP contribution in [0.3, 0.4) is 0 Å². The number of aromatic nitrogens is 1. The Labute approximate surface area is 120 Å². The minimum Gasteiger partial charge on any atom is -0.476 e. The van der Waals surface area contributed by atoms with E-state index in [1.54, 1.807) is 0 Å². The van der Waals surface area contributed by atoms with Crippen LogP contribution in [-0.2, 0) is 0 Å². The molecule has 0 aliphatic rings. The van der Waals surface area contributed by atoms with E-state index in [1.807, 2.05) is 30.3 Å². The second-order valence-electron chi connectivity index (χ2n) is 4.72. The van der Waals surface area contributed by atoms with Crippen molar-refractivity contribution in [1.82, 2.24) is 4.98 Å². The molecule has 0 aliphatic heterocycles. The van der Waals surface area contributed by atoms with Crippen molar-refractivity contribution in [3.63, 3.8) is 0 Å². The summed E-state index contributed by atoms with van der Waals surface area (Å²) in [6.07, 6.45) is 0.930. The van der Waals surface area contributed by atoms with Gasteiger partial charge in [-0.25, -0.2) is 0 Å². The monoisotopic (exact) mass is 271 g/mol. The van der Waals surface area contributed by atoms with Gasteiger partial charge in [-0.1, -0.05) is 37.3 Å². The molecule has 0 saturated heterocycles. The summed E-state index contributed by atoms with van der Waals surface area (Å²) < 4.78 is 5.54. The van der Waals surface area contributed by atoms with E-state index in [-0.39, 0.29) is 6.04 Å². The molecular weight excluding hydrogens is 250 g/mol. The Morgan fingerprint density at radius 2 is 1.95 bits per heavy atom. The third-order valence-electron chi connectivity index (χ3n) is 3.00. The van der Waals surface area contributed by atoms with Crippen LogP contribution in [0.1, 0.15) is 31.9 Å². The highest BCUT2D eigenvalue weighted by Crippen LogP contribution is 2.24. The molecule has 2 rings (SSSR count). The standard InChI is InChI=1S/C16H21N3O/c1-3-11-20-16-14(17)9-10-15(19-16)18-12(2)13-7-5-4-6-8-13/h4-10,12H,3,11,17H2,1-2H3,(H,18,19). The van der Waals surface area contributed by atoms with Crippen LogP contribution in [0.25, 0.3) is 0 Å². The van der Waals surface area contributed by atoms with E-state index in [2.05, 4.69) is 36.3 Å². The molecule has 0 aliphatic carbocycles. The molecule has 1 atom stereocenters. The van der Waals surface area contributed by atoms with Crippen molar-refractivity contribution >= 4 is 11.5 Å². The molecule has 0 spiro atoms. The zero-order valence-corrected chi connectivity index (χ0v) is 12.0. The number of anilines is 2. The average Bonchev–Trinajstić information content (AvgIpc) is 2.48. The van der Waals surface area contributed by atoms with E-state index >= 15 is 0 Å². The lowest BCUT2D eigenvalue weighted by Crippen LogP contribution is -2.09. The number of hydrogen-bond donors (Lipinski definition) is 2. The SMILES string of the molecule is CCCOc1nc(NC(C)c2ccccc2)ccc1N. The van der Waals surface area contributed by atoms with Gasteiger partial charge in [0.2, 0.25) is 5.88 Å². The maximum absolute atomic E-state index is 5.86. The number of rotatable bonds is 6. The topological polar surface area (TPSA) is 60.2 Å². The van der Waals surface area contributed by atoms with Crippen LogP contribution in [0.15, 0.2) is 42.5 Å². The first kappa shape index (κ1) is 14.2. The Morgan fingerprint density at radius 3 is 2.65 bits per heavy atom. The fraction of sp³-hybridized carbons (Fsp3) is 0.312. The number of benzene rings is 1. The fourth-order valence-corrected chi connectivity index (χ4v) is 1.89. The minimum absolute atomic E-state index is 0.173. The predicted molar refractivity (Wildman–Crippen MR) is 82.9 cm³/mol. The molecule has 0 amide bonds. The number of nitrogen functional groups attached to an aromatic ring is 1. The van der Waals surface area contributed by atoms with Crippen LogP contribution < -0.4 is 15.8 Å². The molecular formula is C16H21N3O. The van der Waals surface area contributed by atoms with E-state index in [9.17, 15) is 0 Å². The lowest BCUT2D eigenvalue weighted by Gasteiger charge is -2.16. The third kappa shape index (κ3) is 3.63. The zero-order valence-electron chi connectivity index (χ0n) is 12.0. The quantitative estimate of drug-likeness (QED) is 0.842. The molecule has 3 N–H and O–H groups in total. The van der Waals surface area contributed by atoms with Crippen molar-refractivity contribution in [2.24, 2.45) is 0 Å². The van der Waals surface area contributed by atoms with E-state index < -0.39 is 0 Å². The van der Waals surface area contributed by atoms with Gasteiger partial charge in [-0.3, -0.25) is 0 Å². The number of ether oxygens (including phenoxy) is 1. The number of hydrogen-bond acceptors (Lipinski definition) is 4. The van der Waals surface area contributed by atoms with Crippen molar-refractivity contribution in [3.8, 4) is 5.88 Å². The maximum atomic E-state index is 5.86. The molecule has 0 saturated carbocycles. The van der Waals surface area contributed by atoms with E-state index in [4.69, 9.17) is 10.5 Å². The van der Waals surface area contributed by atoms with Crippen LogP contribution >= 0.6 is 0 Å². The summed E-state index contributed by atoms with van der Waals surface area (Å²) in [4.78, 5) is 4.42. The Morgan fingerprint density at radius 1 is 1.20 bits per heavy atom. The van der Waals surface area contributed by atoms with Gasteiger partial charge in [0.25, 0.3) is 0 Å². The highest BCUT2D eigenvalue weighted by Gasteiger charge is 2.08. The van der Waals surface area contributed by atoms with Gasteiger partial charge in [0.15, 0.2) is 0 Å². The normalized spacial score (nSPS) is 11.9. The van der Waals surface area contributed by atoms with Gasteiger partial charge in [-0.2, -0.15) is 4.98 Å². The second-order valence-corrected chi connectivity index (χ2v) is 4.72. The summed E-state index contributed by atoms with van der Waals surface area (Å²) in [5, 5.41) is 3.36. The number of nitrogens with zero attached hydrogens (tertiary/aromatic N) is 1. The summed E-state index contributed by atoms with van der Waals surface area (Å²) in [6, 6.07) is 14.1. The van der Waals surface area contributed by atoms with Gasteiger partial charge in [0.1, 0.15) is 5.82 Å². The molecule has 4 heteroatoms. The van der Waals surface area contributed by atoms with Crippen LogP contribution in [0.2, 0.25) is 0 Å². The summed E-state index contributed by atoms with van der Waals surface area (Å²) in [5.41, 5.74) is 7.63. The van der Waals surface area contributed by atoms with Crippen molar-refractivity contribution in [1.29, 1.82) is 0 Å². The highest BCUT2D eigenvalue weighted by molar-refractivity contribution is 5.54. The minimum atomic E-state index is 0.173. The van der Waals surface area contributed by atoms with Crippen LogP contribution in [-0.4, -0.2) is 11.6 Å². The molecule has 4 nitrogen and oxygen atoms in total. The number of pyridine rings is 1. The van der Waals surface area contributed by atoms with E-state index in [0.717, 1.165) is 12.2 Å². The highest BCUT2D eigenvalue weighted by atomic mass is 16.5. The van der Waals surface area contributed by atoms with Crippen LogP contribution in [0.4, 0.5) is 11.5 Å². The number of nitrogens with one attached hydrogen (secondary N) is 1. The molecule has 2 aromatic rings. The Hall–Kier alpha value is -2.23. The summed E-state index contributed by atoms with van der Waals surface area (Å²) in [6.45, 7) is 4.77. The molecule has 1 heterocycles. The largest absolute Gasteiger partial charge is 0.476 e. The maximum Gasteiger partial charge on any atom is 0.239 e. The van der Waals surface area contributed by atoms with Gasteiger partial charge in [-0.15, -0.1) is 0 Å². The van der Waals surface area contributed by atoms with Crippen molar-refractivity contribution in [2.45, 2.75) is 26.3 Å². The lowest BCUT2D eigenvalue weighted by molar-refractivity contribution is 0.307. The smallest absolute Gasteiger partial charge is 0.239 e. The van der Waals surface area contributed by atoms with Crippen LogP contribution in [0, 0.1) is 0 Å². The second kappa shape index (κ2) is 6.80. The Kier molecular flexibility index (Phi) is 4.82. The average molecular weight is 271 g/mol. The Balaban J connectivity index is 2.09. The summed E-state index contributed by atoms with van der Waals surface area (Å²) in [7, 11) is 0. The van der Waals surface area contributed by atoms with Gasteiger partial charge in [0, 0.05) is 6.04 Å². The van der Waals surface area contributed by atoms with Gasteiger partial charge < -0.3 is 15.8 Å². The van der Waals surface area contributed by atoms with Gasteiger partial charge in [0.05, 0.1) is 12.3 Å². The van der Waals surface area contributed by atoms with Crippen molar-refractivity contribution < 1.29 is 4.74 Å². The van der Waals surface area contributed by atoms with E-state index in [1.165, 1.54) is 5.56 Å². The van der Waals surface area contributed by atoms with Crippen molar-refractivity contribution in [2.75, 3.05) is 17.7 Å².